The van der Waals surface area contributed by atoms with E-state index in [2.05, 4.69) is 53.4 Å². The van der Waals surface area contributed by atoms with E-state index in [4.69, 9.17) is 6.42 Å². The Morgan fingerprint density at radius 2 is 2.00 bits per heavy atom. The second-order valence-electron chi connectivity index (χ2n) is 5.83. The third-order valence-corrected chi connectivity index (χ3v) is 4.09. The fourth-order valence-electron chi connectivity index (χ4n) is 2.89. The lowest BCUT2D eigenvalue weighted by molar-refractivity contribution is 0.194. The Morgan fingerprint density at radius 3 is 2.65 bits per heavy atom. The zero-order chi connectivity index (χ0) is 14.2. The van der Waals surface area contributed by atoms with Crippen LogP contribution in [0.25, 0.3) is 0 Å². The molecule has 0 aliphatic carbocycles. The van der Waals surface area contributed by atoms with Crippen molar-refractivity contribution in [3.05, 3.63) is 35.9 Å². The first kappa shape index (κ1) is 15.1. The Morgan fingerprint density at radius 1 is 1.30 bits per heavy atom. The van der Waals surface area contributed by atoms with Gasteiger partial charge in [0.15, 0.2) is 0 Å². The molecule has 0 aromatic heterocycles. The summed E-state index contributed by atoms with van der Waals surface area (Å²) in [6.45, 7) is 5.76. The van der Waals surface area contributed by atoms with Crippen molar-refractivity contribution in [2.24, 2.45) is 0 Å². The molecule has 1 aliphatic rings. The van der Waals surface area contributed by atoms with Gasteiger partial charge in [-0.25, -0.2) is 0 Å². The maximum Gasteiger partial charge on any atom is 0.0238 e. The maximum atomic E-state index is 5.35. The summed E-state index contributed by atoms with van der Waals surface area (Å²) in [6, 6.07) is 11.9. The van der Waals surface area contributed by atoms with E-state index in [9.17, 15) is 0 Å². The van der Waals surface area contributed by atoms with Gasteiger partial charge in [0, 0.05) is 25.0 Å². The third kappa shape index (κ3) is 5.00. The van der Waals surface area contributed by atoms with E-state index in [0.29, 0.717) is 12.1 Å². The minimum absolute atomic E-state index is 0.445. The van der Waals surface area contributed by atoms with Crippen molar-refractivity contribution in [1.29, 1.82) is 0 Å². The van der Waals surface area contributed by atoms with E-state index in [0.717, 1.165) is 12.8 Å². The van der Waals surface area contributed by atoms with Crippen LogP contribution in [0.5, 0.6) is 0 Å². The van der Waals surface area contributed by atoms with Crippen LogP contribution in [0.2, 0.25) is 0 Å². The zero-order valence-corrected chi connectivity index (χ0v) is 12.5. The Balaban J connectivity index is 1.66. The average Bonchev–Trinajstić information content (AvgIpc) is 2.48. The van der Waals surface area contributed by atoms with Gasteiger partial charge in [0.1, 0.15) is 0 Å². The molecule has 1 heterocycles. The molecule has 1 aliphatic heterocycles. The highest BCUT2D eigenvalue weighted by Gasteiger charge is 2.19. The third-order valence-electron chi connectivity index (χ3n) is 4.09. The number of nitrogens with one attached hydrogen (secondary N) is 1. The standard InChI is InChI=1S/C18H26N2/c1-3-7-16(2)19-18-11-14-20(15-12-18)13-10-17-8-5-4-6-9-17/h1,4-6,8-9,16,18-19H,7,10-15H2,2H3. The topological polar surface area (TPSA) is 15.3 Å². The molecule has 0 bridgehead atoms. The molecule has 1 fully saturated rings. The SMILES string of the molecule is C#CCC(C)NC1CCN(CCc2ccccc2)CC1. The summed E-state index contributed by atoms with van der Waals surface area (Å²) in [5.41, 5.74) is 1.44. The molecule has 0 radical (unpaired) electrons. The first-order valence-corrected chi connectivity index (χ1v) is 7.73. The summed E-state index contributed by atoms with van der Waals surface area (Å²) >= 11 is 0. The first-order valence-electron chi connectivity index (χ1n) is 7.73. The Labute approximate surface area is 123 Å². The van der Waals surface area contributed by atoms with Crippen LogP contribution < -0.4 is 5.32 Å². The molecular formula is C18H26N2. The lowest BCUT2D eigenvalue weighted by atomic mass is 10.0. The molecule has 1 unspecified atom stereocenters. The molecular weight excluding hydrogens is 244 g/mol. The van der Waals surface area contributed by atoms with Crippen LogP contribution in [-0.2, 0) is 6.42 Å². The number of terminal acetylenes is 1. The molecule has 2 rings (SSSR count). The van der Waals surface area contributed by atoms with Gasteiger partial charge in [0.25, 0.3) is 0 Å². The molecule has 2 nitrogen and oxygen atoms in total. The van der Waals surface area contributed by atoms with E-state index in [1.54, 1.807) is 0 Å². The Bertz CT molecular complexity index is 413. The second kappa shape index (κ2) is 8.09. The monoisotopic (exact) mass is 270 g/mol. The summed E-state index contributed by atoms with van der Waals surface area (Å²) in [6.07, 6.45) is 9.82. The summed E-state index contributed by atoms with van der Waals surface area (Å²) in [5.74, 6) is 2.73. The molecule has 2 heteroatoms. The van der Waals surface area contributed by atoms with Crippen molar-refractivity contribution in [1.82, 2.24) is 10.2 Å². The smallest absolute Gasteiger partial charge is 0.0238 e. The quantitative estimate of drug-likeness (QED) is 0.800. The number of likely N-dealkylation sites (tertiary alicyclic amines) is 1. The maximum absolute atomic E-state index is 5.35. The first-order chi connectivity index (χ1) is 9.78. The predicted octanol–water partition coefficient (Wildman–Crippen LogP) is 2.69. The number of nitrogens with zero attached hydrogens (tertiary/aromatic N) is 1. The van der Waals surface area contributed by atoms with Crippen LogP contribution in [0.3, 0.4) is 0 Å². The van der Waals surface area contributed by atoms with Crippen molar-refractivity contribution in [2.75, 3.05) is 19.6 Å². The highest BCUT2D eigenvalue weighted by atomic mass is 15.1. The normalized spacial score (nSPS) is 18.6. The number of benzene rings is 1. The van der Waals surface area contributed by atoms with Gasteiger partial charge in [-0.2, -0.15) is 0 Å². The minimum atomic E-state index is 0.445. The van der Waals surface area contributed by atoms with E-state index < -0.39 is 0 Å². The fraction of sp³-hybridized carbons (Fsp3) is 0.556. The van der Waals surface area contributed by atoms with Crippen LogP contribution in [0, 0.1) is 12.3 Å². The van der Waals surface area contributed by atoms with Crippen LogP contribution in [0.4, 0.5) is 0 Å². The molecule has 108 valence electrons. The Kier molecular flexibility index (Phi) is 6.11. The highest BCUT2D eigenvalue weighted by molar-refractivity contribution is 5.14. The predicted molar refractivity (Wildman–Crippen MR) is 85.7 cm³/mol. The summed E-state index contributed by atoms with van der Waals surface area (Å²) in [4.78, 5) is 2.58. The highest BCUT2D eigenvalue weighted by Crippen LogP contribution is 2.12. The largest absolute Gasteiger partial charge is 0.310 e. The number of rotatable bonds is 6. The van der Waals surface area contributed by atoms with Gasteiger partial charge in [-0.15, -0.1) is 12.3 Å². The van der Waals surface area contributed by atoms with Crippen molar-refractivity contribution in [3.8, 4) is 12.3 Å². The summed E-state index contributed by atoms with van der Waals surface area (Å²) in [7, 11) is 0. The van der Waals surface area contributed by atoms with Crippen molar-refractivity contribution in [2.45, 2.75) is 44.7 Å². The van der Waals surface area contributed by atoms with Gasteiger partial charge < -0.3 is 10.2 Å². The lowest BCUT2D eigenvalue weighted by Gasteiger charge is -2.33. The molecule has 0 spiro atoms. The molecule has 0 amide bonds. The Hall–Kier alpha value is -1.30. The molecule has 1 aromatic rings. The van der Waals surface area contributed by atoms with Gasteiger partial charge in [-0.1, -0.05) is 30.3 Å². The minimum Gasteiger partial charge on any atom is -0.310 e. The molecule has 1 N–H and O–H groups in total. The van der Waals surface area contributed by atoms with Gasteiger partial charge in [0.2, 0.25) is 0 Å². The van der Waals surface area contributed by atoms with Gasteiger partial charge >= 0.3 is 0 Å². The van der Waals surface area contributed by atoms with E-state index in [1.165, 1.54) is 38.0 Å². The van der Waals surface area contributed by atoms with Crippen LogP contribution in [0.15, 0.2) is 30.3 Å². The van der Waals surface area contributed by atoms with Crippen LogP contribution in [0.1, 0.15) is 31.7 Å². The van der Waals surface area contributed by atoms with E-state index in [1.807, 2.05) is 0 Å². The fourth-order valence-corrected chi connectivity index (χ4v) is 2.89. The van der Waals surface area contributed by atoms with Crippen LogP contribution >= 0.6 is 0 Å². The molecule has 1 saturated heterocycles. The average molecular weight is 270 g/mol. The molecule has 1 aromatic carbocycles. The van der Waals surface area contributed by atoms with E-state index in [-0.39, 0.29) is 0 Å². The summed E-state index contributed by atoms with van der Waals surface area (Å²) < 4.78 is 0. The molecule has 20 heavy (non-hydrogen) atoms. The van der Waals surface area contributed by atoms with Crippen LogP contribution in [-0.4, -0.2) is 36.6 Å². The number of piperidine rings is 1. The zero-order valence-electron chi connectivity index (χ0n) is 12.5. The van der Waals surface area contributed by atoms with Gasteiger partial charge in [-0.05, 0) is 44.8 Å². The molecule has 0 saturated carbocycles. The molecule has 1 atom stereocenters. The lowest BCUT2D eigenvalue weighted by Crippen LogP contribution is -2.45. The number of hydrogen-bond acceptors (Lipinski definition) is 2. The van der Waals surface area contributed by atoms with Gasteiger partial charge in [-0.3, -0.25) is 0 Å². The van der Waals surface area contributed by atoms with E-state index >= 15 is 0 Å². The van der Waals surface area contributed by atoms with Gasteiger partial charge in [0.05, 0.1) is 0 Å². The summed E-state index contributed by atoms with van der Waals surface area (Å²) in [5, 5.41) is 3.64. The second-order valence-corrected chi connectivity index (χ2v) is 5.83. The van der Waals surface area contributed by atoms with Crippen molar-refractivity contribution >= 4 is 0 Å². The van der Waals surface area contributed by atoms with Crippen molar-refractivity contribution < 1.29 is 0 Å². The number of hydrogen-bond donors (Lipinski definition) is 1. The van der Waals surface area contributed by atoms with Crippen molar-refractivity contribution in [3.63, 3.8) is 0 Å².